The first-order valence-electron chi connectivity index (χ1n) is 12.8. The highest BCUT2D eigenvalue weighted by Gasteiger charge is 2.66. The van der Waals surface area contributed by atoms with Crippen molar-refractivity contribution in [1.29, 1.82) is 0 Å². The number of carbonyl (C=O) groups is 3. The molecule has 2 bridgehead atoms. The van der Waals surface area contributed by atoms with Crippen LogP contribution in [0.5, 0.6) is 0 Å². The van der Waals surface area contributed by atoms with Crippen molar-refractivity contribution in [3.63, 3.8) is 0 Å². The largest absolute Gasteiger partial charge is 0.481 e. The van der Waals surface area contributed by atoms with E-state index < -0.39 is 47.0 Å². The van der Waals surface area contributed by atoms with Crippen molar-refractivity contribution in [1.82, 2.24) is 5.32 Å². The SMILES string of the molecule is CC/C=C\C[C@H]1[C@H](CC(=O)[C@@H](O)CCCCCCCC(=O)O)O[C@@]2(O)CC13C(=CC2=O)NC[C@H]3O. The second-order valence-electron chi connectivity index (χ2n) is 10.1. The zero-order valence-corrected chi connectivity index (χ0v) is 20.4. The van der Waals surface area contributed by atoms with E-state index >= 15 is 0 Å². The van der Waals surface area contributed by atoms with Crippen LogP contribution in [-0.4, -0.2) is 68.6 Å². The molecule has 0 aromatic rings. The Labute approximate surface area is 206 Å². The zero-order chi connectivity index (χ0) is 25.6. The molecule has 2 fully saturated rings. The summed E-state index contributed by atoms with van der Waals surface area (Å²) in [7, 11) is 0. The van der Waals surface area contributed by atoms with E-state index in [0.717, 1.165) is 25.7 Å². The highest BCUT2D eigenvalue weighted by molar-refractivity contribution is 5.98. The number of aliphatic hydroxyl groups excluding tert-OH is 2. The lowest BCUT2D eigenvalue weighted by Gasteiger charge is -2.54. The van der Waals surface area contributed by atoms with Crippen LogP contribution in [0.25, 0.3) is 0 Å². The van der Waals surface area contributed by atoms with Crippen LogP contribution in [0.4, 0.5) is 0 Å². The number of allylic oxidation sites excluding steroid dienone is 2. The van der Waals surface area contributed by atoms with Crippen LogP contribution in [0, 0.1) is 11.3 Å². The van der Waals surface area contributed by atoms with Crippen molar-refractivity contribution in [3.05, 3.63) is 23.9 Å². The number of aliphatic hydroxyl groups is 3. The van der Waals surface area contributed by atoms with E-state index in [0.29, 0.717) is 25.0 Å². The number of ether oxygens (including phenoxy) is 1. The fourth-order valence-electron chi connectivity index (χ4n) is 5.80. The number of aliphatic carboxylic acids is 1. The molecule has 0 aromatic carbocycles. The Bertz CT molecular complexity index is 854. The lowest BCUT2D eigenvalue weighted by atomic mass is 9.58. The fraction of sp³-hybridized carbons (Fsp3) is 0.731. The quantitative estimate of drug-likeness (QED) is 0.181. The van der Waals surface area contributed by atoms with Gasteiger partial charge in [-0.2, -0.15) is 0 Å². The van der Waals surface area contributed by atoms with Crippen molar-refractivity contribution in [2.45, 2.75) is 102 Å². The van der Waals surface area contributed by atoms with E-state index in [-0.39, 0.29) is 38.1 Å². The molecule has 2 saturated heterocycles. The maximum Gasteiger partial charge on any atom is 0.303 e. The second kappa shape index (κ2) is 11.8. The Morgan fingerprint density at radius 1 is 1.23 bits per heavy atom. The summed E-state index contributed by atoms with van der Waals surface area (Å²) < 4.78 is 5.87. The number of unbranched alkanes of at least 4 members (excludes halogenated alkanes) is 4. The summed E-state index contributed by atoms with van der Waals surface area (Å²) in [6, 6.07) is 0. The minimum Gasteiger partial charge on any atom is -0.481 e. The summed E-state index contributed by atoms with van der Waals surface area (Å²) >= 11 is 0. The summed E-state index contributed by atoms with van der Waals surface area (Å²) in [5.74, 6) is -4.29. The maximum absolute atomic E-state index is 12.9. The van der Waals surface area contributed by atoms with Crippen LogP contribution in [-0.2, 0) is 19.1 Å². The number of carboxylic acids is 1. The third kappa shape index (κ3) is 6.02. The molecule has 3 rings (SSSR count). The average Bonchev–Trinajstić information content (AvgIpc) is 3.10. The highest BCUT2D eigenvalue weighted by Crippen LogP contribution is 2.57. The normalized spacial score (nSPS) is 32.7. The van der Waals surface area contributed by atoms with Gasteiger partial charge >= 0.3 is 5.97 Å². The number of hydrogen-bond donors (Lipinski definition) is 5. The fourth-order valence-corrected chi connectivity index (χ4v) is 5.80. The number of ketones is 2. The molecule has 35 heavy (non-hydrogen) atoms. The number of Topliss-reactive ketones (excluding diaryl/α,β-unsaturated/α-hetero) is 1. The van der Waals surface area contributed by atoms with Crippen LogP contribution < -0.4 is 5.32 Å². The summed E-state index contributed by atoms with van der Waals surface area (Å²) in [4.78, 5) is 36.1. The Morgan fingerprint density at radius 2 is 1.94 bits per heavy atom. The van der Waals surface area contributed by atoms with Crippen LogP contribution >= 0.6 is 0 Å². The van der Waals surface area contributed by atoms with E-state index in [1.165, 1.54) is 6.08 Å². The molecule has 1 aliphatic carbocycles. The summed E-state index contributed by atoms with van der Waals surface area (Å²) in [6.07, 6.45) is 7.61. The topological polar surface area (TPSA) is 153 Å². The Hall–Kier alpha value is -2.07. The number of carboxylic acid groups (broad SMARTS) is 1. The third-order valence-corrected chi connectivity index (χ3v) is 7.67. The van der Waals surface area contributed by atoms with E-state index in [2.05, 4.69) is 5.32 Å². The van der Waals surface area contributed by atoms with Crippen molar-refractivity contribution in [2.24, 2.45) is 11.3 Å². The molecule has 1 spiro atoms. The van der Waals surface area contributed by atoms with Gasteiger partial charge in [0.05, 0.1) is 12.2 Å². The van der Waals surface area contributed by atoms with Gasteiger partial charge in [0.15, 0.2) is 5.78 Å². The number of carbonyl (C=O) groups excluding carboxylic acids is 2. The monoisotopic (exact) mass is 493 g/mol. The van der Waals surface area contributed by atoms with Crippen LogP contribution in [0.15, 0.2) is 23.9 Å². The van der Waals surface area contributed by atoms with E-state index in [9.17, 15) is 29.7 Å². The van der Waals surface area contributed by atoms with Gasteiger partial charge in [-0.1, -0.05) is 44.8 Å². The van der Waals surface area contributed by atoms with Crippen molar-refractivity contribution < 1.29 is 39.5 Å². The molecule has 2 aliphatic heterocycles. The van der Waals surface area contributed by atoms with Crippen LogP contribution in [0.3, 0.4) is 0 Å². The lowest BCUT2D eigenvalue weighted by Crippen LogP contribution is -2.63. The molecule has 0 radical (unpaired) electrons. The maximum atomic E-state index is 12.9. The summed E-state index contributed by atoms with van der Waals surface area (Å²) in [6.45, 7) is 2.25. The van der Waals surface area contributed by atoms with Gasteiger partial charge in [0, 0.05) is 48.9 Å². The number of β-amino-alcohol motifs (C(OH)–C–C–N with tert-alkyl or cyclic N) is 1. The molecule has 196 valence electrons. The predicted molar refractivity (Wildman–Crippen MR) is 127 cm³/mol. The minimum absolute atomic E-state index is 0.0708. The summed E-state index contributed by atoms with van der Waals surface area (Å²) in [5, 5.41) is 44.3. The third-order valence-electron chi connectivity index (χ3n) is 7.67. The van der Waals surface area contributed by atoms with Gasteiger partial charge < -0.3 is 30.5 Å². The Morgan fingerprint density at radius 3 is 2.66 bits per heavy atom. The van der Waals surface area contributed by atoms with Crippen molar-refractivity contribution >= 4 is 17.5 Å². The molecule has 1 unspecified atom stereocenters. The van der Waals surface area contributed by atoms with Crippen LogP contribution in [0.1, 0.15) is 77.6 Å². The molecule has 0 amide bonds. The van der Waals surface area contributed by atoms with Gasteiger partial charge in [-0.05, 0) is 25.7 Å². The number of nitrogens with one attached hydrogen (secondary N) is 1. The predicted octanol–water partition coefficient (Wildman–Crippen LogP) is 1.99. The molecule has 0 saturated carbocycles. The van der Waals surface area contributed by atoms with Gasteiger partial charge in [0.25, 0.3) is 0 Å². The average molecular weight is 494 g/mol. The first kappa shape index (κ1) is 27.5. The van der Waals surface area contributed by atoms with Gasteiger partial charge in [-0.25, -0.2) is 0 Å². The van der Waals surface area contributed by atoms with Gasteiger partial charge in [-0.15, -0.1) is 0 Å². The summed E-state index contributed by atoms with van der Waals surface area (Å²) in [5.41, 5.74) is -0.344. The molecule has 9 heteroatoms. The lowest BCUT2D eigenvalue weighted by molar-refractivity contribution is -0.286. The molecule has 9 nitrogen and oxygen atoms in total. The van der Waals surface area contributed by atoms with Gasteiger partial charge in [0.1, 0.15) is 6.10 Å². The number of rotatable bonds is 14. The zero-order valence-electron chi connectivity index (χ0n) is 20.4. The van der Waals surface area contributed by atoms with Gasteiger partial charge in [0.2, 0.25) is 11.6 Å². The van der Waals surface area contributed by atoms with E-state index in [1.807, 2.05) is 19.1 Å². The number of fused-ring (bicyclic) bond motifs is 1. The minimum atomic E-state index is -2.10. The molecule has 6 atom stereocenters. The first-order valence-corrected chi connectivity index (χ1v) is 12.8. The smallest absolute Gasteiger partial charge is 0.303 e. The van der Waals surface area contributed by atoms with E-state index in [1.54, 1.807) is 0 Å². The highest BCUT2D eigenvalue weighted by atomic mass is 16.6. The van der Waals surface area contributed by atoms with E-state index in [4.69, 9.17) is 9.84 Å². The second-order valence-corrected chi connectivity index (χ2v) is 10.1. The molecule has 5 N–H and O–H groups in total. The Balaban J connectivity index is 1.66. The van der Waals surface area contributed by atoms with Gasteiger partial charge in [-0.3, -0.25) is 14.4 Å². The molecule has 2 heterocycles. The van der Waals surface area contributed by atoms with Crippen LogP contribution in [0.2, 0.25) is 0 Å². The molecular weight excluding hydrogens is 454 g/mol. The number of hydrogen-bond acceptors (Lipinski definition) is 8. The molecular formula is C26H39NO8. The molecule has 3 aliphatic rings. The van der Waals surface area contributed by atoms with Crippen molar-refractivity contribution in [2.75, 3.05) is 6.54 Å². The Kier molecular flexibility index (Phi) is 9.26. The standard InChI is InChI=1S/C26H39NO8/c1-2-3-7-10-17-20(13-19(29)18(28)11-8-5-4-6-9-12-24(32)33)35-26(34)16-25(17)21(14-22(26)30)27-15-23(25)31/h3,7,14,17-18,20,23,27-28,31,34H,2,4-6,8-13,15-16H2,1H3,(H,32,33)/b7-3-/t17-,18-,20-,23+,25?,26-/m0/s1. The van der Waals surface area contributed by atoms with Crippen molar-refractivity contribution in [3.8, 4) is 0 Å². The molecule has 0 aromatic heterocycles. The first-order chi connectivity index (χ1) is 16.6.